The molecule has 1 heterocycles. The summed E-state index contributed by atoms with van der Waals surface area (Å²) in [4.78, 5) is 1.38. The average molecular weight is 293 g/mol. The van der Waals surface area contributed by atoms with Gasteiger partial charge in [0.15, 0.2) is 0 Å². The maximum absolute atomic E-state index is 5.56. The van der Waals surface area contributed by atoms with Crippen LogP contribution in [0.1, 0.15) is 33.1 Å². The molecule has 1 aromatic carbocycles. The van der Waals surface area contributed by atoms with Crippen molar-refractivity contribution in [1.82, 2.24) is 5.32 Å². The lowest BCUT2D eigenvalue weighted by atomic mass is 9.77. The van der Waals surface area contributed by atoms with E-state index in [4.69, 9.17) is 4.74 Å². The Bertz CT molecular complexity index is 374. The third kappa shape index (κ3) is 5.12. The van der Waals surface area contributed by atoms with E-state index in [2.05, 4.69) is 49.5 Å². The first kappa shape index (κ1) is 15.9. The Balaban J connectivity index is 1.84. The highest BCUT2D eigenvalue weighted by Crippen LogP contribution is 2.36. The molecule has 112 valence electrons. The van der Waals surface area contributed by atoms with Crippen LogP contribution in [0.25, 0.3) is 0 Å². The molecule has 0 spiro atoms. The van der Waals surface area contributed by atoms with Gasteiger partial charge in [-0.3, -0.25) is 0 Å². The first-order valence-corrected chi connectivity index (χ1v) is 8.68. The molecule has 1 N–H and O–H groups in total. The number of nitrogens with one attached hydrogen (secondary N) is 1. The number of benzene rings is 1. The summed E-state index contributed by atoms with van der Waals surface area (Å²) in [6.07, 6.45) is 3.67. The molecule has 0 atom stereocenters. The largest absolute Gasteiger partial charge is 0.381 e. The first-order valence-electron chi connectivity index (χ1n) is 7.69. The molecule has 0 saturated carbocycles. The molecule has 0 unspecified atom stereocenters. The van der Waals surface area contributed by atoms with E-state index in [-0.39, 0.29) is 0 Å². The standard InChI is InChI=1S/C17H27NOS/c1-15(2)18-14-17(8-11-19-12-9-17)10-13-20-16-6-4-3-5-7-16/h3-7,15,18H,8-14H2,1-2H3. The summed E-state index contributed by atoms with van der Waals surface area (Å²) in [5.74, 6) is 1.20. The van der Waals surface area contributed by atoms with Crippen LogP contribution in [-0.2, 0) is 4.74 Å². The van der Waals surface area contributed by atoms with E-state index in [1.165, 1.54) is 29.9 Å². The summed E-state index contributed by atoms with van der Waals surface area (Å²) in [6.45, 7) is 7.44. The summed E-state index contributed by atoms with van der Waals surface area (Å²) >= 11 is 1.98. The van der Waals surface area contributed by atoms with E-state index >= 15 is 0 Å². The van der Waals surface area contributed by atoms with Gasteiger partial charge in [-0.2, -0.15) is 0 Å². The van der Waals surface area contributed by atoms with Gasteiger partial charge in [0, 0.05) is 30.7 Å². The highest BCUT2D eigenvalue weighted by Gasteiger charge is 2.32. The fraction of sp³-hybridized carbons (Fsp3) is 0.647. The van der Waals surface area contributed by atoms with E-state index in [0.29, 0.717) is 11.5 Å². The second kappa shape index (κ2) is 8.06. The van der Waals surface area contributed by atoms with Crippen LogP contribution in [0, 0.1) is 5.41 Å². The van der Waals surface area contributed by atoms with Gasteiger partial charge in [0.25, 0.3) is 0 Å². The van der Waals surface area contributed by atoms with Crippen LogP contribution >= 0.6 is 11.8 Å². The van der Waals surface area contributed by atoms with Gasteiger partial charge in [-0.1, -0.05) is 32.0 Å². The highest BCUT2D eigenvalue weighted by atomic mass is 32.2. The van der Waals surface area contributed by atoms with Crippen LogP contribution in [0.5, 0.6) is 0 Å². The fourth-order valence-electron chi connectivity index (χ4n) is 2.64. The van der Waals surface area contributed by atoms with E-state index in [0.717, 1.165) is 19.8 Å². The van der Waals surface area contributed by atoms with E-state index in [1.54, 1.807) is 0 Å². The quantitative estimate of drug-likeness (QED) is 0.769. The maximum Gasteiger partial charge on any atom is 0.0471 e. The van der Waals surface area contributed by atoms with Crippen molar-refractivity contribution >= 4 is 11.8 Å². The number of hydrogen-bond acceptors (Lipinski definition) is 3. The molecule has 1 aliphatic heterocycles. The first-order chi connectivity index (χ1) is 9.70. The van der Waals surface area contributed by atoms with Crippen molar-refractivity contribution in [3.8, 4) is 0 Å². The molecular formula is C17H27NOS. The zero-order chi connectivity index (χ0) is 14.3. The molecule has 0 bridgehead atoms. The van der Waals surface area contributed by atoms with Gasteiger partial charge in [0.05, 0.1) is 0 Å². The Morgan fingerprint density at radius 3 is 2.55 bits per heavy atom. The van der Waals surface area contributed by atoms with Crippen LogP contribution in [0.4, 0.5) is 0 Å². The van der Waals surface area contributed by atoms with Gasteiger partial charge < -0.3 is 10.1 Å². The lowest BCUT2D eigenvalue weighted by Crippen LogP contribution is -2.41. The Morgan fingerprint density at radius 1 is 1.20 bits per heavy atom. The average Bonchev–Trinajstić information content (AvgIpc) is 2.47. The molecule has 2 nitrogen and oxygen atoms in total. The molecule has 1 aromatic rings. The van der Waals surface area contributed by atoms with Gasteiger partial charge >= 0.3 is 0 Å². The summed E-state index contributed by atoms with van der Waals surface area (Å²) in [5.41, 5.74) is 0.435. The summed E-state index contributed by atoms with van der Waals surface area (Å²) in [7, 11) is 0. The van der Waals surface area contributed by atoms with Gasteiger partial charge in [0.2, 0.25) is 0 Å². The van der Waals surface area contributed by atoms with Crippen LogP contribution in [-0.4, -0.2) is 31.6 Å². The van der Waals surface area contributed by atoms with Gasteiger partial charge in [0.1, 0.15) is 0 Å². The van der Waals surface area contributed by atoms with Crippen molar-refractivity contribution in [1.29, 1.82) is 0 Å². The molecule has 20 heavy (non-hydrogen) atoms. The minimum atomic E-state index is 0.435. The second-order valence-electron chi connectivity index (χ2n) is 6.06. The van der Waals surface area contributed by atoms with E-state index < -0.39 is 0 Å². The van der Waals surface area contributed by atoms with E-state index in [1.807, 2.05) is 11.8 Å². The second-order valence-corrected chi connectivity index (χ2v) is 7.23. The smallest absolute Gasteiger partial charge is 0.0471 e. The zero-order valence-corrected chi connectivity index (χ0v) is 13.5. The SMILES string of the molecule is CC(C)NCC1(CCSc2ccccc2)CCOCC1. The normalized spacial score (nSPS) is 18.4. The Kier molecular flexibility index (Phi) is 6.40. The molecule has 1 fully saturated rings. The Hall–Kier alpha value is -0.510. The zero-order valence-electron chi connectivity index (χ0n) is 12.7. The van der Waals surface area contributed by atoms with Gasteiger partial charge in [-0.25, -0.2) is 0 Å². The van der Waals surface area contributed by atoms with Crippen molar-refractivity contribution in [3.05, 3.63) is 30.3 Å². The predicted octanol–water partition coefficient (Wildman–Crippen LogP) is 3.96. The molecule has 1 aliphatic rings. The fourth-order valence-corrected chi connectivity index (χ4v) is 3.76. The van der Waals surface area contributed by atoms with Crippen LogP contribution < -0.4 is 5.32 Å². The Labute approximate surface area is 127 Å². The molecule has 0 radical (unpaired) electrons. The van der Waals surface area contributed by atoms with Crippen molar-refractivity contribution in [2.75, 3.05) is 25.5 Å². The van der Waals surface area contributed by atoms with Crippen molar-refractivity contribution in [2.45, 2.75) is 44.0 Å². The summed E-state index contributed by atoms with van der Waals surface area (Å²) < 4.78 is 5.56. The lowest BCUT2D eigenvalue weighted by molar-refractivity contribution is 0.0126. The van der Waals surface area contributed by atoms with Gasteiger partial charge in [-0.05, 0) is 42.6 Å². The summed E-state index contributed by atoms with van der Waals surface area (Å²) in [5, 5.41) is 3.64. The lowest BCUT2D eigenvalue weighted by Gasteiger charge is -2.38. The maximum atomic E-state index is 5.56. The van der Waals surface area contributed by atoms with Crippen LogP contribution in [0.2, 0.25) is 0 Å². The predicted molar refractivity (Wildman–Crippen MR) is 87.4 cm³/mol. The third-order valence-electron chi connectivity index (χ3n) is 4.08. The molecule has 3 heteroatoms. The highest BCUT2D eigenvalue weighted by molar-refractivity contribution is 7.99. The molecule has 0 aliphatic carbocycles. The number of rotatable bonds is 7. The molecular weight excluding hydrogens is 266 g/mol. The number of thioether (sulfide) groups is 1. The number of hydrogen-bond donors (Lipinski definition) is 1. The van der Waals surface area contributed by atoms with Crippen molar-refractivity contribution in [2.24, 2.45) is 5.41 Å². The minimum absolute atomic E-state index is 0.435. The summed E-state index contributed by atoms with van der Waals surface area (Å²) in [6, 6.07) is 11.3. The van der Waals surface area contributed by atoms with Gasteiger partial charge in [-0.15, -0.1) is 11.8 Å². The topological polar surface area (TPSA) is 21.3 Å². The van der Waals surface area contributed by atoms with Crippen molar-refractivity contribution < 1.29 is 4.74 Å². The molecule has 2 rings (SSSR count). The molecule has 1 saturated heterocycles. The van der Waals surface area contributed by atoms with Crippen molar-refractivity contribution in [3.63, 3.8) is 0 Å². The minimum Gasteiger partial charge on any atom is -0.381 e. The molecule has 0 amide bonds. The Morgan fingerprint density at radius 2 is 1.90 bits per heavy atom. The van der Waals surface area contributed by atoms with E-state index in [9.17, 15) is 0 Å². The molecule has 0 aromatic heterocycles. The number of ether oxygens (including phenoxy) is 1. The monoisotopic (exact) mass is 293 g/mol. The van der Waals surface area contributed by atoms with Crippen LogP contribution in [0.15, 0.2) is 35.2 Å². The van der Waals surface area contributed by atoms with Crippen LogP contribution in [0.3, 0.4) is 0 Å². The third-order valence-corrected chi connectivity index (χ3v) is 5.10.